The average molecular weight is 419 g/mol. The summed E-state index contributed by atoms with van der Waals surface area (Å²) in [6.07, 6.45) is 11.2. The molecule has 1 rings (SSSR count). The molecular formula is C23H34N2O3S. The van der Waals surface area contributed by atoms with Gasteiger partial charge in [-0.15, -0.1) is 11.8 Å². The molecule has 0 aromatic heterocycles. The van der Waals surface area contributed by atoms with Crippen LogP contribution >= 0.6 is 11.8 Å². The molecule has 0 unspecified atom stereocenters. The topological polar surface area (TPSA) is 70.6 Å². The minimum absolute atomic E-state index is 0.116. The predicted molar refractivity (Wildman–Crippen MR) is 121 cm³/mol. The van der Waals surface area contributed by atoms with Gasteiger partial charge >= 0.3 is 0 Å². The van der Waals surface area contributed by atoms with E-state index >= 15 is 0 Å². The van der Waals surface area contributed by atoms with E-state index < -0.39 is 0 Å². The van der Waals surface area contributed by atoms with Crippen LogP contribution in [0.3, 0.4) is 0 Å². The van der Waals surface area contributed by atoms with Gasteiger partial charge in [0.05, 0.1) is 5.56 Å². The van der Waals surface area contributed by atoms with E-state index in [1.165, 1.54) is 22.4 Å². The number of hydrogen-bond donors (Lipinski definition) is 3. The molecule has 6 heteroatoms. The van der Waals surface area contributed by atoms with Gasteiger partial charge in [0.1, 0.15) is 6.73 Å². The van der Waals surface area contributed by atoms with E-state index in [2.05, 4.69) is 56.1 Å². The van der Waals surface area contributed by atoms with E-state index in [1.54, 1.807) is 17.8 Å². The molecule has 160 valence electrons. The van der Waals surface area contributed by atoms with Crippen molar-refractivity contribution in [3.8, 4) is 0 Å². The first kappa shape index (κ1) is 25.2. The zero-order valence-electron chi connectivity index (χ0n) is 18.0. The summed E-state index contributed by atoms with van der Waals surface area (Å²) in [7, 11) is 0. The van der Waals surface area contributed by atoms with Crippen molar-refractivity contribution in [1.82, 2.24) is 11.0 Å². The molecule has 0 radical (unpaired) electrons. The Kier molecular flexibility index (Phi) is 13.1. The molecule has 0 aliphatic rings. The average Bonchev–Trinajstić information content (AvgIpc) is 2.68. The number of nitrogens with one attached hydrogen (secondary N) is 2. The molecule has 1 aromatic rings. The fraction of sp³-hybridized carbons (Fsp3) is 0.435. The SMILES string of the molecule is CC(C)=CCCC(C)=CCCC(C)=CCSc1ccccc1C(=O)NCONO. The van der Waals surface area contributed by atoms with Gasteiger partial charge in [0.2, 0.25) is 0 Å². The Hall–Kier alpha value is -1.86. The Morgan fingerprint density at radius 1 is 1.03 bits per heavy atom. The summed E-state index contributed by atoms with van der Waals surface area (Å²) in [6, 6.07) is 7.47. The largest absolute Gasteiger partial charge is 0.327 e. The highest BCUT2D eigenvalue weighted by molar-refractivity contribution is 7.99. The molecule has 0 spiro atoms. The van der Waals surface area contributed by atoms with Gasteiger partial charge < -0.3 is 5.32 Å². The molecule has 29 heavy (non-hydrogen) atoms. The summed E-state index contributed by atoms with van der Waals surface area (Å²) in [5.74, 6) is 0.575. The second-order valence-corrected chi connectivity index (χ2v) is 8.21. The number of carbonyl (C=O) groups is 1. The summed E-state index contributed by atoms with van der Waals surface area (Å²) < 4.78 is 0. The molecule has 0 bridgehead atoms. The summed E-state index contributed by atoms with van der Waals surface area (Å²) in [5, 5.41) is 11.0. The lowest BCUT2D eigenvalue weighted by atomic mass is 10.1. The van der Waals surface area contributed by atoms with Crippen LogP contribution in [0.4, 0.5) is 0 Å². The highest BCUT2D eigenvalue weighted by atomic mass is 32.2. The van der Waals surface area contributed by atoms with Gasteiger partial charge in [-0.1, -0.05) is 52.7 Å². The van der Waals surface area contributed by atoms with Crippen molar-refractivity contribution in [3.05, 3.63) is 64.8 Å². The van der Waals surface area contributed by atoms with Crippen LogP contribution in [0, 0.1) is 0 Å². The molecule has 3 N–H and O–H groups in total. The van der Waals surface area contributed by atoms with Crippen molar-refractivity contribution in [3.63, 3.8) is 0 Å². The Bertz CT molecular complexity index is 723. The first-order valence-corrected chi connectivity index (χ1v) is 10.9. The van der Waals surface area contributed by atoms with Crippen molar-refractivity contribution in [2.45, 2.75) is 58.3 Å². The van der Waals surface area contributed by atoms with Gasteiger partial charge in [0.25, 0.3) is 5.91 Å². The van der Waals surface area contributed by atoms with Gasteiger partial charge in [-0.05, 0) is 65.5 Å². The molecule has 5 nitrogen and oxygen atoms in total. The second kappa shape index (κ2) is 15.0. The van der Waals surface area contributed by atoms with Crippen LogP contribution in [-0.4, -0.2) is 23.6 Å². The number of hydrogen-bond acceptors (Lipinski definition) is 5. The fourth-order valence-corrected chi connectivity index (χ4v) is 3.66. The standard InChI is InChI=1S/C23H34N2O3S/c1-18(2)9-7-10-19(3)11-8-12-20(4)15-16-29-22-14-6-5-13-21(22)23(26)24-17-28-25-27/h5-6,9,11,13-15,25,27H,7-8,10,12,16-17H2,1-4H3,(H,24,26). The number of benzene rings is 1. The van der Waals surface area contributed by atoms with E-state index in [4.69, 9.17) is 5.21 Å². The van der Waals surface area contributed by atoms with Crippen molar-refractivity contribution in [2.75, 3.05) is 12.5 Å². The highest BCUT2D eigenvalue weighted by Gasteiger charge is 2.10. The van der Waals surface area contributed by atoms with Crippen molar-refractivity contribution >= 4 is 17.7 Å². The van der Waals surface area contributed by atoms with Crippen LogP contribution in [0.5, 0.6) is 0 Å². The molecule has 0 saturated heterocycles. The second-order valence-electron chi connectivity index (χ2n) is 7.15. The molecule has 1 aromatic carbocycles. The van der Waals surface area contributed by atoms with E-state index in [0.29, 0.717) is 5.56 Å². The molecule has 0 heterocycles. The third-order valence-corrected chi connectivity index (χ3v) is 5.29. The smallest absolute Gasteiger partial charge is 0.254 e. The lowest BCUT2D eigenvalue weighted by molar-refractivity contribution is -0.130. The van der Waals surface area contributed by atoms with E-state index in [0.717, 1.165) is 36.3 Å². The van der Waals surface area contributed by atoms with E-state index in [-0.39, 0.29) is 12.6 Å². The minimum atomic E-state index is -0.238. The van der Waals surface area contributed by atoms with Crippen LogP contribution in [0.1, 0.15) is 63.7 Å². The first-order chi connectivity index (χ1) is 13.9. The molecule has 0 fully saturated rings. The maximum atomic E-state index is 12.2. The quantitative estimate of drug-likeness (QED) is 0.124. The Morgan fingerprint density at radius 3 is 2.38 bits per heavy atom. The van der Waals surface area contributed by atoms with Gasteiger partial charge in [-0.25, -0.2) is 0 Å². The molecule has 0 atom stereocenters. The Morgan fingerprint density at radius 2 is 1.69 bits per heavy atom. The maximum absolute atomic E-state index is 12.2. The van der Waals surface area contributed by atoms with Crippen LogP contribution < -0.4 is 11.0 Å². The Balaban J connectivity index is 2.46. The molecule has 0 aliphatic heterocycles. The van der Waals surface area contributed by atoms with Gasteiger partial charge in [-0.3, -0.25) is 14.8 Å². The number of thioether (sulfide) groups is 1. The van der Waals surface area contributed by atoms with E-state index in [9.17, 15) is 4.79 Å². The van der Waals surface area contributed by atoms with Crippen LogP contribution in [-0.2, 0) is 4.84 Å². The van der Waals surface area contributed by atoms with Crippen molar-refractivity contribution < 1.29 is 14.8 Å². The first-order valence-electron chi connectivity index (χ1n) is 9.89. The van der Waals surface area contributed by atoms with Crippen LogP contribution in [0.15, 0.2) is 64.1 Å². The summed E-state index contributed by atoms with van der Waals surface area (Å²) in [6.45, 7) is 8.52. The zero-order valence-corrected chi connectivity index (χ0v) is 18.8. The minimum Gasteiger partial charge on any atom is -0.327 e. The number of rotatable bonds is 13. The summed E-state index contributed by atoms with van der Waals surface area (Å²) in [4.78, 5) is 17.6. The normalized spacial score (nSPS) is 12.0. The fourth-order valence-electron chi connectivity index (χ4n) is 2.62. The monoisotopic (exact) mass is 418 g/mol. The third kappa shape index (κ3) is 11.7. The molecule has 1 amide bonds. The third-order valence-electron chi connectivity index (χ3n) is 4.29. The summed E-state index contributed by atoms with van der Waals surface area (Å²) in [5.41, 5.74) is 6.32. The lowest BCUT2D eigenvalue weighted by Crippen LogP contribution is -2.29. The number of amides is 1. The van der Waals surface area contributed by atoms with Crippen LogP contribution in [0.2, 0.25) is 0 Å². The summed E-state index contributed by atoms with van der Waals surface area (Å²) >= 11 is 1.63. The van der Waals surface area contributed by atoms with Gasteiger partial charge in [-0.2, -0.15) is 0 Å². The Labute approximate surface area is 179 Å². The molecule has 0 aliphatic carbocycles. The van der Waals surface area contributed by atoms with Gasteiger partial charge in [0, 0.05) is 10.6 Å². The van der Waals surface area contributed by atoms with Gasteiger partial charge in [0.15, 0.2) is 0 Å². The predicted octanol–water partition coefficient (Wildman–Crippen LogP) is 5.80. The van der Waals surface area contributed by atoms with Crippen molar-refractivity contribution in [1.29, 1.82) is 0 Å². The molecular weight excluding hydrogens is 384 g/mol. The van der Waals surface area contributed by atoms with Crippen molar-refractivity contribution in [2.24, 2.45) is 0 Å². The zero-order chi connectivity index (χ0) is 21.5. The van der Waals surface area contributed by atoms with Crippen LogP contribution in [0.25, 0.3) is 0 Å². The molecule has 0 saturated carbocycles. The number of allylic oxidation sites excluding steroid dienone is 5. The van der Waals surface area contributed by atoms with E-state index in [1.807, 2.05) is 18.2 Å². The lowest BCUT2D eigenvalue weighted by Gasteiger charge is -2.09. The highest BCUT2D eigenvalue weighted by Crippen LogP contribution is 2.23. The maximum Gasteiger partial charge on any atom is 0.254 e. The number of carbonyl (C=O) groups excluding carboxylic acids is 1.